The number of aliphatic carboxylic acids is 1. The van der Waals surface area contributed by atoms with E-state index in [-0.39, 0.29) is 6.42 Å². The summed E-state index contributed by atoms with van der Waals surface area (Å²) >= 11 is 3.48. The Morgan fingerprint density at radius 1 is 1.37 bits per heavy atom. The van der Waals surface area contributed by atoms with Crippen LogP contribution in [0.5, 0.6) is 5.75 Å². The molecule has 0 bridgehead atoms. The van der Waals surface area contributed by atoms with Crippen LogP contribution in [0.2, 0.25) is 0 Å². The van der Waals surface area contributed by atoms with E-state index >= 15 is 0 Å². The molecule has 1 aromatic rings. The Bertz CT molecular complexity index is 441. The number of hydrogen-bond donors (Lipinski definition) is 1. The van der Waals surface area contributed by atoms with E-state index in [0.717, 1.165) is 34.7 Å². The van der Waals surface area contributed by atoms with E-state index in [4.69, 9.17) is 9.84 Å². The second-order valence-electron chi connectivity index (χ2n) is 5.15. The van der Waals surface area contributed by atoms with Crippen LogP contribution in [-0.2, 0) is 11.2 Å². The van der Waals surface area contributed by atoms with Crippen LogP contribution in [0.25, 0.3) is 0 Å². The van der Waals surface area contributed by atoms with Crippen molar-refractivity contribution >= 4 is 21.9 Å². The van der Waals surface area contributed by atoms with Crippen molar-refractivity contribution in [2.24, 2.45) is 5.92 Å². The molecule has 0 unspecified atom stereocenters. The lowest BCUT2D eigenvalue weighted by Crippen LogP contribution is -2.19. The molecule has 4 heteroatoms. The van der Waals surface area contributed by atoms with Crippen molar-refractivity contribution in [3.63, 3.8) is 0 Å². The number of benzene rings is 1. The van der Waals surface area contributed by atoms with Gasteiger partial charge in [0.15, 0.2) is 0 Å². The van der Waals surface area contributed by atoms with E-state index in [1.807, 2.05) is 18.2 Å². The fourth-order valence-corrected chi connectivity index (χ4v) is 2.69. The quantitative estimate of drug-likeness (QED) is 0.822. The first-order valence-corrected chi connectivity index (χ1v) is 7.57. The van der Waals surface area contributed by atoms with Crippen LogP contribution in [0.15, 0.2) is 22.7 Å². The van der Waals surface area contributed by atoms with Crippen molar-refractivity contribution in [3.05, 3.63) is 28.2 Å². The third-order valence-electron chi connectivity index (χ3n) is 3.50. The number of halogens is 1. The minimum atomic E-state index is -0.739. The SMILES string of the molecule is O=C(O)CCCc1cc(Br)cc(OCC2CCC2)c1. The lowest BCUT2D eigenvalue weighted by atomic mass is 9.86. The summed E-state index contributed by atoms with van der Waals surface area (Å²) in [6, 6.07) is 6.02. The molecule has 0 spiro atoms. The van der Waals surface area contributed by atoms with Crippen LogP contribution in [0.1, 0.15) is 37.7 Å². The van der Waals surface area contributed by atoms with Crippen molar-refractivity contribution < 1.29 is 14.6 Å². The summed E-state index contributed by atoms with van der Waals surface area (Å²) < 4.78 is 6.80. The third kappa shape index (κ3) is 4.86. The Kier molecular flexibility index (Phi) is 5.25. The summed E-state index contributed by atoms with van der Waals surface area (Å²) in [5.41, 5.74) is 1.12. The second-order valence-corrected chi connectivity index (χ2v) is 6.07. The van der Waals surface area contributed by atoms with Gasteiger partial charge in [0, 0.05) is 10.9 Å². The Morgan fingerprint density at radius 2 is 2.16 bits per heavy atom. The van der Waals surface area contributed by atoms with E-state index < -0.39 is 5.97 Å². The average Bonchev–Trinajstić information content (AvgIpc) is 2.25. The monoisotopic (exact) mass is 326 g/mol. The molecule has 0 atom stereocenters. The first kappa shape index (κ1) is 14.4. The van der Waals surface area contributed by atoms with E-state index in [1.54, 1.807) is 0 Å². The highest BCUT2D eigenvalue weighted by Crippen LogP contribution is 2.28. The van der Waals surface area contributed by atoms with Crippen LogP contribution in [0, 0.1) is 5.92 Å². The Balaban J connectivity index is 1.87. The summed E-state index contributed by atoms with van der Waals surface area (Å²) in [6.07, 6.45) is 5.52. The van der Waals surface area contributed by atoms with Gasteiger partial charge in [-0.15, -0.1) is 0 Å². The van der Waals surface area contributed by atoms with E-state index in [9.17, 15) is 4.79 Å². The average molecular weight is 327 g/mol. The maximum Gasteiger partial charge on any atom is 0.303 e. The van der Waals surface area contributed by atoms with E-state index in [0.29, 0.717) is 6.42 Å². The normalized spacial score (nSPS) is 15.0. The van der Waals surface area contributed by atoms with Gasteiger partial charge < -0.3 is 9.84 Å². The van der Waals surface area contributed by atoms with E-state index in [2.05, 4.69) is 15.9 Å². The van der Waals surface area contributed by atoms with E-state index in [1.165, 1.54) is 19.3 Å². The van der Waals surface area contributed by atoms with Gasteiger partial charge in [-0.25, -0.2) is 0 Å². The first-order chi connectivity index (χ1) is 9.13. The van der Waals surface area contributed by atoms with Crippen LogP contribution in [-0.4, -0.2) is 17.7 Å². The summed E-state index contributed by atoms with van der Waals surface area (Å²) in [5, 5.41) is 8.65. The molecule has 2 rings (SSSR count). The highest BCUT2D eigenvalue weighted by molar-refractivity contribution is 9.10. The Morgan fingerprint density at radius 3 is 2.79 bits per heavy atom. The van der Waals surface area contributed by atoms with Gasteiger partial charge in [-0.2, -0.15) is 0 Å². The maximum atomic E-state index is 10.5. The fourth-order valence-electron chi connectivity index (χ4n) is 2.17. The molecule has 19 heavy (non-hydrogen) atoms. The van der Waals surface area contributed by atoms with Gasteiger partial charge in [-0.3, -0.25) is 4.79 Å². The zero-order chi connectivity index (χ0) is 13.7. The first-order valence-electron chi connectivity index (χ1n) is 6.77. The standard InChI is InChI=1S/C15H19BrO3/c16-13-7-12(5-2-6-15(17)18)8-14(9-13)19-10-11-3-1-4-11/h7-9,11H,1-6,10H2,(H,17,18). The molecule has 1 aliphatic carbocycles. The van der Waals surface area contributed by atoms with Gasteiger partial charge in [0.05, 0.1) is 6.61 Å². The number of carboxylic acids is 1. The van der Waals surface area contributed by atoms with Gasteiger partial charge in [0.25, 0.3) is 0 Å². The van der Waals surface area contributed by atoms with Gasteiger partial charge in [-0.05, 0) is 55.4 Å². The molecule has 0 amide bonds. The fraction of sp³-hybridized carbons (Fsp3) is 0.533. The number of aryl methyl sites for hydroxylation is 1. The highest BCUT2D eigenvalue weighted by atomic mass is 79.9. The number of ether oxygens (including phenoxy) is 1. The van der Waals surface area contributed by atoms with Crippen molar-refractivity contribution in [2.45, 2.75) is 38.5 Å². The zero-order valence-corrected chi connectivity index (χ0v) is 12.5. The van der Waals surface area contributed by atoms with Crippen molar-refractivity contribution in [1.29, 1.82) is 0 Å². The van der Waals surface area contributed by atoms with Crippen LogP contribution in [0.3, 0.4) is 0 Å². The van der Waals surface area contributed by atoms with Gasteiger partial charge in [0.2, 0.25) is 0 Å². The molecule has 1 aromatic carbocycles. The molecule has 104 valence electrons. The third-order valence-corrected chi connectivity index (χ3v) is 3.96. The molecular weight excluding hydrogens is 308 g/mol. The molecule has 0 heterocycles. The Labute approximate surface area is 122 Å². The number of rotatable bonds is 7. The molecule has 1 N–H and O–H groups in total. The van der Waals surface area contributed by atoms with Crippen LogP contribution in [0.4, 0.5) is 0 Å². The van der Waals surface area contributed by atoms with Crippen molar-refractivity contribution in [2.75, 3.05) is 6.61 Å². The molecule has 0 aromatic heterocycles. The summed E-state index contributed by atoms with van der Waals surface area (Å²) in [5.74, 6) is 0.859. The van der Waals surface area contributed by atoms with Crippen molar-refractivity contribution in [3.8, 4) is 5.75 Å². The second kappa shape index (κ2) is 6.94. The topological polar surface area (TPSA) is 46.5 Å². The number of carboxylic acid groups (broad SMARTS) is 1. The molecule has 3 nitrogen and oxygen atoms in total. The predicted molar refractivity (Wildman–Crippen MR) is 77.6 cm³/mol. The van der Waals surface area contributed by atoms with Crippen LogP contribution >= 0.6 is 15.9 Å². The summed E-state index contributed by atoms with van der Waals surface area (Å²) in [7, 11) is 0. The molecule has 0 saturated heterocycles. The minimum Gasteiger partial charge on any atom is -0.493 e. The molecule has 1 fully saturated rings. The smallest absolute Gasteiger partial charge is 0.303 e. The molecular formula is C15H19BrO3. The molecule has 1 aliphatic rings. The minimum absolute atomic E-state index is 0.213. The van der Waals surface area contributed by atoms with Crippen LogP contribution < -0.4 is 4.74 Å². The number of carbonyl (C=O) groups is 1. The number of hydrogen-bond acceptors (Lipinski definition) is 2. The van der Waals surface area contributed by atoms with Gasteiger partial charge in [-0.1, -0.05) is 22.4 Å². The van der Waals surface area contributed by atoms with Gasteiger partial charge in [0.1, 0.15) is 5.75 Å². The molecule has 0 radical (unpaired) electrons. The molecule has 0 aliphatic heterocycles. The predicted octanol–water partition coefficient (Wildman–Crippen LogP) is 4.04. The zero-order valence-electron chi connectivity index (χ0n) is 10.9. The maximum absolute atomic E-state index is 10.5. The van der Waals surface area contributed by atoms with Gasteiger partial charge >= 0.3 is 5.97 Å². The summed E-state index contributed by atoms with van der Waals surface area (Å²) in [4.78, 5) is 10.5. The van der Waals surface area contributed by atoms with Crippen molar-refractivity contribution in [1.82, 2.24) is 0 Å². The molecule has 1 saturated carbocycles. The lowest BCUT2D eigenvalue weighted by Gasteiger charge is -2.25. The summed E-state index contributed by atoms with van der Waals surface area (Å²) in [6.45, 7) is 0.797. The lowest BCUT2D eigenvalue weighted by molar-refractivity contribution is -0.137. The largest absolute Gasteiger partial charge is 0.493 e. The Hall–Kier alpha value is -1.03. The highest BCUT2D eigenvalue weighted by Gasteiger charge is 2.18.